The topological polar surface area (TPSA) is 42.4 Å². The molecular formula is C33H33ClN2O2. The maximum atomic E-state index is 13.5. The molecule has 4 aromatic rings. The largest absolute Gasteiger partial charge is 0.489 e. The Labute approximate surface area is 230 Å². The number of carbonyl (C=O) groups is 1. The lowest BCUT2D eigenvalue weighted by atomic mass is 9.84. The smallest absolute Gasteiger partial charge is 0.258 e. The lowest BCUT2D eigenvalue weighted by Gasteiger charge is -2.22. The number of pyridine rings is 1. The highest BCUT2D eigenvalue weighted by molar-refractivity contribution is 6.30. The van der Waals surface area contributed by atoms with Crippen LogP contribution in [0.5, 0.6) is 5.75 Å². The summed E-state index contributed by atoms with van der Waals surface area (Å²) in [6, 6.07) is 25.9. The minimum Gasteiger partial charge on any atom is -0.489 e. The number of ether oxygens (including phenoxy) is 1. The Hall–Kier alpha value is -3.63. The molecule has 0 bridgehead atoms. The molecule has 1 aliphatic carbocycles. The highest BCUT2D eigenvalue weighted by Crippen LogP contribution is 2.34. The molecule has 0 N–H and O–H groups in total. The van der Waals surface area contributed by atoms with Crippen molar-refractivity contribution < 1.29 is 9.53 Å². The van der Waals surface area contributed by atoms with E-state index in [2.05, 4.69) is 29.2 Å². The number of halogens is 1. The molecule has 3 aromatic carbocycles. The molecule has 1 amide bonds. The van der Waals surface area contributed by atoms with Crippen LogP contribution < -0.4 is 9.64 Å². The lowest BCUT2D eigenvalue weighted by molar-refractivity contribution is 0.0988. The van der Waals surface area contributed by atoms with Crippen molar-refractivity contribution in [2.75, 3.05) is 11.4 Å². The number of hydrogen-bond donors (Lipinski definition) is 0. The number of amides is 1. The van der Waals surface area contributed by atoms with E-state index in [9.17, 15) is 4.79 Å². The summed E-state index contributed by atoms with van der Waals surface area (Å²) in [6.45, 7) is 2.88. The fourth-order valence-corrected chi connectivity index (χ4v) is 5.44. The van der Waals surface area contributed by atoms with Crippen LogP contribution in [0.3, 0.4) is 0 Å². The first-order valence-electron chi connectivity index (χ1n) is 13.5. The summed E-state index contributed by atoms with van der Waals surface area (Å²) in [6.07, 6.45) is 9.96. The van der Waals surface area contributed by atoms with Crippen LogP contribution in [0.2, 0.25) is 5.02 Å². The molecule has 0 aliphatic heterocycles. The number of anilines is 1. The molecule has 5 rings (SSSR count). The third kappa shape index (κ3) is 6.08. The number of rotatable bonds is 8. The average Bonchev–Trinajstić information content (AvgIpc) is 2.98. The van der Waals surface area contributed by atoms with Crippen molar-refractivity contribution in [3.63, 3.8) is 0 Å². The minimum absolute atomic E-state index is 0.0561. The van der Waals surface area contributed by atoms with Gasteiger partial charge in [0, 0.05) is 35.2 Å². The summed E-state index contributed by atoms with van der Waals surface area (Å²) in [5.74, 6) is 1.44. The van der Waals surface area contributed by atoms with Crippen LogP contribution in [0.1, 0.15) is 66.4 Å². The standard InChI is InChI=1S/C33H33ClN2O2/c1-2-36(30-18-20-35-21-19-30)33(37)27-12-17-32(26-8-13-29(34)14-9-26)28(22-27)23-38-31-15-10-25(11-16-31)24-6-4-3-5-7-24/h8-22,24H,2-7,23H2,1H3. The van der Waals surface area contributed by atoms with E-state index < -0.39 is 0 Å². The number of nitrogens with zero attached hydrogens (tertiary/aromatic N) is 2. The molecule has 5 heteroatoms. The van der Waals surface area contributed by atoms with Gasteiger partial charge in [-0.2, -0.15) is 0 Å². The van der Waals surface area contributed by atoms with Crippen molar-refractivity contribution in [1.29, 1.82) is 0 Å². The zero-order valence-corrected chi connectivity index (χ0v) is 22.5. The van der Waals surface area contributed by atoms with Gasteiger partial charge in [-0.25, -0.2) is 0 Å². The molecular weight excluding hydrogens is 492 g/mol. The van der Waals surface area contributed by atoms with Gasteiger partial charge in [0.25, 0.3) is 5.91 Å². The highest BCUT2D eigenvalue weighted by atomic mass is 35.5. The van der Waals surface area contributed by atoms with E-state index in [1.54, 1.807) is 17.3 Å². The van der Waals surface area contributed by atoms with Crippen LogP contribution in [0.4, 0.5) is 5.69 Å². The van der Waals surface area contributed by atoms with Gasteiger partial charge >= 0.3 is 0 Å². The first kappa shape index (κ1) is 26.0. The molecule has 1 aromatic heterocycles. The van der Waals surface area contributed by atoms with E-state index >= 15 is 0 Å². The molecule has 1 saturated carbocycles. The number of aromatic nitrogens is 1. The fraction of sp³-hybridized carbons (Fsp3) is 0.273. The van der Waals surface area contributed by atoms with Gasteiger partial charge in [0.15, 0.2) is 0 Å². The summed E-state index contributed by atoms with van der Waals surface area (Å²) >= 11 is 6.15. The Bertz CT molecular complexity index is 1350. The van der Waals surface area contributed by atoms with E-state index in [0.29, 0.717) is 29.7 Å². The second-order valence-electron chi connectivity index (χ2n) is 9.83. The molecule has 194 valence electrons. The van der Waals surface area contributed by atoms with Crippen molar-refractivity contribution in [2.24, 2.45) is 0 Å². The van der Waals surface area contributed by atoms with Crippen molar-refractivity contribution >= 4 is 23.2 Å². The van der Waals surface area contributed by atoms with Gasteiger partial charge in [-0.15, -0.1) is 0 Å². The first-order chi connectivity index (χ1) is 18.6. The number of benzene rings is 3. The van der Waals surface area contributed by atoms with E-state index in [1.807, 2.05) is 61.5 Å². The van der Waals surface area contributed by atoms with Gasteiger partial charge in [0.1, 0.15) is 12.4 Å². The fourth-order valence-electron chi connectivity index (χ4n) is 5.31. The van der Waals surface area contributed by atoms with Gasteiger partial charge in [-0.1, -0.05) is 61.2 Å². The average molecular weight is 525 g/mol. The molecule has 4 nitrogen and oxygen atoms in total. The Kier molecular flexibility index (Phi) is 8.40. The molecule has 0 atom stereocenters. The Morgan fingerprint density at radius 1 is 0.921 bits per heavy atom. The van der Waals surface area contributed by atoms with Gasteiger partial charge in [-0.05, 0) is 96.5 Å². The first-order valence-corrected chi connectivity index (χ1v) is 13.8. The van der Waals surface area contributed by atoms with E-state index in [4.69, 9.17) is 16.3 Å². The molecule has 1 fully saturated rings. The van der Waals surface area contributed by atoms with E-state index in [0.717, 1.165) is 28.1 Å². The summed E-state index contributed by atoms with van der Waals surface area (Å²) in [4.78, 5) is 19.4. The van der Waals surface area contributed by atoms with E-state index in [-0.39, 0.29) is 5.91 Å². The Morgan fingerprint density at radius 3 is 2.32 bits per heavy atom. The van der Waals surface area contributed by atoms with Gasteiger partial charge < -0.3 is 9.64 Å². The summed E-state index contributed by atoms with van der Waals surface area (Å²) < 4.78 is 6.27. The second-order valence-corrected chi connectivity index (χ2v) is 10.3. The SMILES string of the molecule is CCN(C(=O)c1ccc(-c2ccc(Cl)cc2)c(COc2ccc(C3CCCCC3)cc2)c1)c1ccncc1. The lowest BCUT2D eigenvalue weighted by Crippen LogP contribution is -2.30. The quantitative estimate of drug-likeness (QED) is 0.231. The van der Waals surface area contributed by atoms with Crippen LogP contribution in [-0.4, -0.2) is 17.4 Å². The Morgan fingerprint density at radius 2 is 1.63 bits per heavy atom. The third-order valence-electron chi connectivity index (χ3n) is 7.39. The minimum atomic E-state index is -0.0561. The number of hydrogen-bond acceptors (Lipinski definition) is 3. The van der Waals surface area contributed by atoms with Gasteiger partial charge in [-0.3, -0.25) is 9.78 Å². The van der Waals surface area contributed by atoms with Crippen LogP contribution in [-0.2, 0) is 6.61 Å². The maximum Gasteiger partial charge on any atom is 0.258 e. The predicted octanol–water partition coefficient (Wildman–Crippen LogP) is 8.70. The number of carbonyl (C=O) groups excluding carboxylic acids is 1. The molecule has 1 aliphatic rings. The molecule has 0 spiro atoms. The molecule has 0 radical (unpaired) electrons. The van der Waals surface area contributed by atoms with Crippen molar-refractivity contribution in [1.82, 2.24) is 4.98 Å². The van der Waals surface area contributed by atoms with Crippen LogP contribution in [0.15, 0.2) is 91.3 Å². The summed E-state index contributed by atoms with van der Waals surface area (Å²) in [7, 11) is 0. The molecule has 0 unspecified atom stereocenters. The second kappa shape index (κ2) is 12.3. The molecule has 38 heavy (non-hydrogen) atoms. The third-order valence-corrected chi connectivity index (χ3v) is 7.65. The van der Waals surface area contributed by atoms with Crippen LogP contribution >= 0.6 is 11.6 Å². The van der Waals surface area contributed by atoms with E-state index in [1.165, 1.54) is 37.7 Å². The zero-order valence-electron chi connectivity index (χ0n) is 21.8. The van der Waals surface area contributed by atoms with Crippen molar-refractivity contribution in [3.05, 3.63) is 113 Å². The summed E-state index contributed by atoms with van der Waals surface area (Å²) in [5, 5.41) is 0.687. The summed E-state index contributed by atoms with van der Waals surface area (Å²) in [5.41, 5.74) is 5.84. The van der Waals surface area contributed by atoms with Gasteiger partial charge in [0.05, 0.1) is 0 Å². The maximum absolute atomic E-state index is 13.5. The van der Waals surface area contributed by atoms with Crippen molar-refractivity contribution in [2.45, 2.75) is 51.6 Å². The van der Waals surface area contributed by atoms with Crippen LogP contribution in [0, 0.1) is 0 Å². The molecule has 1 heterocycles. The highest BCUT2D eigenvalue weighted by Gasteiger charge is 2.19. The zero-order chi connectivity index (χ0) is 26.3. The monoisotopic (exact) mass is 524 g/mol. The normalized spacial score (nSPS) is 13.7. The van der Waals surface area contributed by atoms with Gasteiger partial charge in [0.2, 0.25) is 0 Å². The predicted molar refractivity (Wildman–Crippen MR) is 155 cm³/mol. The van der Waals surface area contributed by atoms with Crippen LogP contribution in [0.25, 0.3) is 11.1 Å². The van der Waals surface area contributed by atoms with Crippen molar-refractivity contribution in [3.8, 4) is 16.9 Å². The Balaban J connectivity index is 1.40. The molecule has 0 saturated heterocycles.